The second-order valence-corrected chi connectivity index (χ2v) is 6.49. The van der Waals surface area contributed by atoms with Crippen molar-refractivity contribution < 1.29 is 9.53 Å². The third-order valence-electron chi connectivity index (χ3n) is 4.89. The zero-order valence-electron chi connectivity index (χ0n) is 14.2. The number of benzene rings is 2. The minimum Gasteiger partial charge on any atom is -0.496 e. The molecule has 1 heterocycles. The van der Waals surface area contributed by atoms with Crippen LogP contribution in [0.25, 0.3) is 11.0 Å². The Hall–Kier alpha value is -2.82. The molecule has 0 atom stereocenters. The van der Waals surface area contributed by atoms with Crippen molar-refractivity contribution in [1.29, 1.82) is 0 Å². The summed E-state index contributed by atoms with van der Waals surface area (Å²) < 4.78 is 5.43. The summed E-state index contributed by atoms with van der Waals surface area (Å²) >= 11 is 0. The zero-order valence-corrected chi connectivity index (χ0v) is 14.2. The quantitative estimate of drug-likeness (QED) is 0.728. The lowest BCUT2D eigenvalue weighted by Gasteiger charge is -2.18. The van der Waals surface area contributed by atoms with Gasteiger partial charge >= 0.3 is 0 Å². The lowest BCUT2D eigenvalue weighted by Crippen LogP contribution is -2.36. The Morgan fingerprint density at radius 2 is 1.96 bits per heavy atom. The number of fused-ring (bicyclic) bond motifs is 1. The lowest BCUT2D eigenvalue weighted by molar-refractivity contribution is -0.123. The number of nitrogens with zero attached hydrogens (tertiary/aromatic N) is 1. The monoisotopic (exact) mass is 335 g/mol. The number of ether oxygens (including phenoxy) is 1. The van der Waals surface area contributed by atoms with Gasteiger partial charge in [-0.1, -0.05) is 30.3 Å². The third kappa shape index (κ3) is 2.86. The van der Waals surface area contributed by atoms with Gasteiger partial charge in [0.2, 0.25) is 5.91 Å². The number of hydrogen-bond acceptors (Lipinski definition) is 3. The maximum Gasteiger partial charge on any atom is 0.230 e. The summed E-state index contributed by atoms with van der Waals surface area (Å²) in [6.07, 6.45) is 2.41. The second-order valence-electron chi connectivity index (χ2n) is 6.49. The van der Waals surface area contributed by atoms with E-state index in [9.17, 15) is 4.79 Å². The van der Waals surface area contributed by atoms with Crippen molar-refractivity contribution in [2.75, 3.05) is 13.7 Å². The second kappa shape index (κ2) is 6.24. The number of nitrogens with one attached hydrogen (secondary N) is 2. The number of amides is 1. The Balaban J connectivity index is 1.42. The molecular formula is C20H21N3O2. The number of methoxy groups -OCH3 is 1. The average Bonchev–Trinajstić information content (AvgIpc) is 3.35. The molecule has 3 aromatic rings. The molecule has 2 N–H and O–H groups in total. The van der Waals surface area contributed by atoms with E-state index in [2.05, 4.69) is 15.3 Å². The first-order chi connectivity index (χ1) is 12.2. The van der Waals surface area contributed by atoms with Gasteiger partial charge in [-0.2, -0.15) is 0 Å². The first kappa shape index (κ1) is 15.7. The van der Waals surface area contributed by atoms with E-state index < -0.39 is 5.41 Å². The normalized spacial score (nSPS) is 15.1. The summed E-state index contributed by atoms with van der Waals surface area (Å²) in [5, 5.41) is 3.07. The first-order valence-corrected chi connectivity index (χ1v) is 8.58. The zero-order chi connectivity index (χ0) is 17.3. The predicted molar refractivity (Wildman–Crippen MR) is 96.7 cm³/mol. The van der Waals surface area contributed by atoms with Gasteiger partial charge in [-0.15, -0.1) is 0 Å². The molecular weight excluding hydrogens is 314 g/mol. The van der Waals surface area contributed by atoms with Crippen molar-refractivity contribution in [2.24, 2.45) is 0 Å². The topological polar surface area (TPSA) is 67.0 Å². The standard InChI is InChI=1S/C20H21N3O2/c1-25-17-9-5-2-6-14(17)20(11-12-20)19(24)21-13-10-18-22-15-7-3-4-8-16(15)23-18/h2-9H,10-13H2,1H3,(H,21,24)(H,22,23). The van der Waals surface area contributed by atoms with E-state index in [-0.39, 0.29) is 5.91 Å². The molecule has 0 unspecified atom stereocenters. The molecule has 1 aliphatic carbocycles. The lowest BCUT2D eigenvalue weighted by atomic mass is 9.94. The fraction of sp³-hybridized carbons (Fsp3) is 0.300. The summed E-state index contributed by atoms with van der Waals surface area (Å²) in [6, 6.07) is 15.7. The molecule has 128 valence electrons. The summed E-state index contributed by atoms with van der Waals surface area (Å²) in [6.45, 7) is 0.565. The van der Waals surface area contributed by atoms with Gasteiger partial charge in [-0.25, -0.2) is 4.98 Å². The largest absolute Gasteiger partial charge is 0.496 e. The van der Waals surface area contributed by atoms with Crippen LogP contribution in [0.15, 0.2) is 48.5 Å². The third-order valence-corrected chi connectivity index (χ3v) is 4.89. The van der Waals surface area contributed by atoms with Gasteiger partial charge in [0.25, 0.3) is 0 Å². The Bertz CT molecular complexity index is 879. The molecule has 0 aliphatic heterocycles. The highest BCUT2D eigenvalue weighted by Gasteiger charge is 2.52. The highest BCUT2D eigenvalue weighted by atomic mass is 16.5. The fourth-order valence-corrected chi connectivity index (χ4v) is 3.37. The van der Waals surface area contributed by atoms with Gasteiger partial charge < -0.3 is 15.0 Å². The van der Waals surface area contributed by atoms with Crippen LogP contribution in [0, 0.1) is 0 Å². The molecule has 5 heteroatoms. The van der Waals surface area contributed by atoms with Crippen LogP contribution in [-0.4, -0.2) is 29.5 Å². The van der Waals surface area contributed by atoms with Crippen molar-refractivity contribution in [3.8, 4) is 5.75 Å². The number of rotatable bonds is 6. The van der Waals surface area contributed by atoms with E-state index in [1.54, 1.807) is 7.11 Å². The number of carbonyl (C=O) groups excluding carboxylic acids is 1. The van der Waals surface area contributed by atoms with Gasteiger partial charge in [0.15, 0.2) is 0 Å². The van der Waals surface area contributed by atoms with Crippen molar-refractivity contribution in [2.45, 2.75) is 24.7 Å². The number of aromatic amines is 1. The molecule has 0 radical (unpaired) electrons. The predicted octanol–water partition coefficient (Wildman–Crippen LogP) is 2.96. The van der Waals surface area contributed by atoms with E-state index in [1.165, 1.54) is 0 Å². The Morgan fingerprint density at radius 1 is 1.20 bits per heavy atom. The van der Waals surface area contributed by atoms with Crippen LogP contribution in [0.3, 0.4) is 0 Å². The number of H-pyrrole nitrogens is 1. The molecule has 1 fully saturated rings. The van der Waals surface area contributed by atoms with Gasteiger partial charge in [0, 0.05) is 18.5 Å². The maximum atomic E-state index is 12.8. The van der Waals surface area contributed by atoms with Gasteiger partial charge in [0.05, 0.1) is 23.6 Å². The number of para-hydroxylation sites is 3. The van der Waals surface area contributed by atoms with Gasteiger partial charge in [-0.3, -0.25) is 4.79 Å². The van der Waals surface area contributed by atoms with Gasteiger partial charge in [0.1, 0.15) is 11.6 Å². The highest BCUT2D eigenvalue weighted by Crippen LogP contribution is 2.51. The molecule has 1 aromatic heterocycles. The first-order valence-electron chi connectivity index (χ1n) is 8.58. The van der Waals surface area contributed by atoms with Crippen LogP contribution >= 0.6 is 0 Å². The molecule has 25 heavy (non-hydrogen) atoms. The SMILES string of the molecule is COc1ccccc1C1(C(=O)NCCc2nc3ccccc3[nH]2)CC1. The van der Waals surface area contributed by atoms with Crippen LogP contribution in [-0.2, 0) is 16.6 Å². The van der Waals surface area contributed by atoms with E-state index in [4.69, 9.17) is 4.74 Å². The molecule has 4 rings (SSSR count). The smallest absolute Gasteiger partial charge is 0.230 e. The molecule has 5 nitrogen and oxygen atoms in total. The van der Waals surface area contributed by atoms with Crippen LogP contribution in [0.5, 0.6) is 5.75 Å². The number of hydrogen-bond donors (Lipinski definition) is 2. The molecule has 1 aliphatic rings. The van der Waals surface area contributed by atoms with Crippen LogP contribution in [0.4, 0.5) is 0 Å². The van der Waals surface area contributed by atoms with Crippen molar-refractivity contribution in [3.63, 3.8) is 0 Å². The Labute approximate surface area is 146 Å². The number of aromatic nitrogens is 2. The summed E-state index contributed by atoms with van der Waals surface area (Å²) in [5.41, 5.74) is 2.53. The average molecular weight is 335 g/mol. The maximum absolute atomic E-state index is 12.8. The molecule has 0 spiro atoms. The van der Waals surface area contributed by atoms with Crippen molar-refractivity contribution in [1.82, 2.24) is 15.3 Å². The Morgan fingerprint density at radius 3 is 2.72 bits per heavy atom. The summed E-state index contributed by atoms with van der Waals surface area (Å²) in [7, 11) is 1.65. The number of carbonyl (C=O) groups is 1. The molecule has 1 saturated carbocycles. The summed E-state index contributed by atoms with van der Waals surface area (Å²) in [4.78, 5) is 20.6. The minimum absolute atomic E-state index is 0.0770. The fourth-order valence-electron chi connectivity index (χ4n) is 3.37. The van der Waals surface area contributed by atoms with E-state index in [0.717, 1.165) is 41.0 Å². The number of imidazole rings is 1. The van der Waals surface area contributed by atoms with E-state index in [1.807, 2.05) is 48.5 Å². The molecule has 1 amide bonds. The van der Waals surface area contributed by atoms with E-state index >= 15 is 0 Å². The highest BCUT2D eigenvalue weighted by molar-refractivity contribution is 5.92. The van der Waals surface area contributed by atoms with Gasteiger partial charge in [-0.05, 0) is 31.0 Å². The minimum atomic E-state index is -0.430. The van der Waals surface area contributed by atoms with Crippen LogP contribution in [0.1, 0.15) is 24.2 Å². The van der Waals surface area contributed by atoms with Crippen molar-refractivity contribution >= 4 is 16.9 Å². The summed E-state index contributed by atoms with van der Waals surface area (Å²) in [5.74, 6) is 1.75. The molecule has 0 saturated heterocycles. The van der Waals surface area contributed by atoms with E-state index in [0.29, 0.717) is 13.0 Å². The van der Waals surface area contributed by atoms with Crippen LogP contribution in [0.2, 0.25) is 0 Å². The Kier molecular flexibility index (Phi) is 3.92. The molecule has 2 aromatic carbocycles. The van der Waals surface area contributed by atoms with Crippen molar-refractivity contribution in [3.05, 3.63) is 59.9 Å². The van der Waals surface area contributed by atoms with Crippen LogP contribution < -0.4 is 10.1 Å². The molecule has 0 bridgehead atoms.